The molecule has 0 atom stereocenters. The fraction of sp³-hybridized carbons (Fsp3) is 0.481. The molecule has 0 bridgehead atoms. The van der Waals surface area contributed by atoms with Crippen LogP contribution in [-0.2, 0) is 17.8 Å². The third-order valence-corrected chi connectivity index (χ3v) is 5.63. The van der Waals surface area contributed by atoms with Gasteiger partial charge in [0.1, 0.15) is 17.3 Å². The summed E-state index contributed by atoms with van der Waals surface area (Å²) in [6.07, 6.45) is 4.93. The molecule has 0 saturated carbocycles. The molecule has 1 aromatic heterocycles. The van der Waals surface area contributed by atoms with E-state index in [4.69, 9.17) is 14.5 Å². The lowest BCUT2D eigenvalue weighted by atomic mass is 9.96. The van der Waals surface area contributed by atoms with Crippen molar-refractivity contribution in [2.75, 3.05) is 20.3 Å². The van der Waals surface area contributed by atoms with Gasteiger partial charge in [-0.05, 0) is 55.7 Å². The van der Waals surface area contributed by atoms with Crippen LogP contribution in [0.3, 0.4) is 0 Å². The lowest BCUT2D eigenvalue weighted by Gasteiger charge is -2.17. The van der Waals surface area contributed by atoms with E-state index >= 15 is 0 Å². The second kappa shape index (κ2) is 11.7. The number of aromatic nitrogens is 2. The maximum atomic E-state index is 12.0. The van der Waals surface area contributed by atoms with Crippen molar-refractivity contribution in [3.8, 4) is 11.5 Å². The SMILES string of the molecule is COc1ccc(OCCCn2c(CCCCCNC(=O)C(C)(C)C)nc3ccccc32)cc1. The van der Waals surface area contributed by atoms with Crippen LogP contribution in [0.4, 0.5) is 0 Å². The first-order valence-electron chi connectivity index (χ1n) is 11.9. The fourth-order valence-corrected chi connectivity index (χ4v) is 3.70. The Hall–Kier alpha value is -3.02. The van der Waals surface area contributed by atoms with Crippen molar-refractivity contribution >= 4 is 16.9 Å². The molecule has 0 fully saturated rings. The van der Waals surface area contributed by atoms with Gasteiger partial charge in [0.15, 0.2) is 0 Å². The van der Waals surface area contributed by atoms with Gasteiger partial charge in [0.05, 0.1) is 24.8 Å². The maximum Gasteiger partial charge on any atom is 0.225 e. The summed E-state index contributed by atoms with van der Waals surface area (Å²) in [5.41, 5.74) is 1.89. The quantitative estimate of drug-likeness (QED) is 0.375. The van der Waals surface area contributed by atoms with Crippen LogP contribution in [0, 0.1) is 5.41 Å². The Morgan fingerprint density at radius 3 is 2.42 bits per heavy atom. The molecule has 6 heteroatoms. The van der Waals surface area contributed by atoms with Gasteiger partial charge in [-0.15, -0.1) is 0 Å². The van der Waals surface area contributed by atoms with Crippen molar-refractivity contribution in [3.05, 3.63) is 54.4 Å². The van der Waals surface area contributed by atoms with E-state index in [9.17, 15) is 4.79 Å². The second-order valence-electron chi connectivity index (χ2n) is 9.36. The summed E-state index contributed by atoms with van der Waals surface area (Å²) in [6.45, 7) is 8.06. The van der Waals surface area contributed by atoms with E-state index in [-0.39, 0.29) is 11.3 Å². The first kappa shape index (κ1) is 24.6. The van der Waals surface area contributed by atoms with Gasteiger partial charge in [-0.3, -0.25) is 4.79 Å². The lowest BCUT2D eigenvalue weighted by Crippen LogP contribution is -2.35. The molecule has 0 unspecified atom stereocenters. The number of hydrogen-bond acceptors (Lipinski definition) is 4. The van der Waals surface area contributed by atoms with Crippen LogP contribution in [0.1, 0.15) is 52.3 Å². The molecule has 0 saturated heterocycles. The summed E-state index contributed by atoms with van der Waals surface area (Å²) in [4.78, 5) is 16.9. The Bertz CT molecular complexity index is 1020. The highest BCUT2D eigenvalue weighted by Crippen LogP contribution is 2.20. The molecule has 0 aliphatic rings. The third kappa shape index (κ3) is 7.24. The van der Waals surface area contributed by atoms with Crippen LogP contribution in [0.2, 0.25) is 0 Å². The number of amides is 1. The number of carbonyl (C=O) groups excluding carboxylic acids is 1. The van der Waals surface area contributed by atoms with Crippen molar-refractivity contribution in [2.45, 2.75) is 59.4 Å². The number of rotatable bonds is 12. The topological polar surface area (TPSA) is 65.4 Å². The monoisotopic (exact) mass is 451 g/mol. The number of para-hydroxylation sites is 2. The highest BCUT2D eigenvalue weighted by molar-refractivity contribution is 5.81. The predicted molar refractivity (Wildman–Crippen MR) is 133 cm³/mol. The van der Waals surface area contributed by atoms with E-state index in [1.54, 1.807) is 7.11 Å². The number of ether oxygens (including phenoxy) is 2. The molecule has 1 amide bonds. The summed E-state index contributed by atoms with van der Waals surface area (Å²) in [6, 6.07) is 16.0. The minimum Gasteiger partial charge on any atom is -0.497 e. The number of unbranched alkanes of at least 4 members (excludes halogenated alkanes) is 2. The van der Waals surface area contributed by atoms with Gasteiger partial charge >= 0.3 is 0 Å². The number of imidazole rings is 1. The molecule has 1 N–H and O–H groups in total. The highest BCUT2D eigenvalue weighted by Gasteiger charge is 2.20. The van der Waals surface area contributed by atoms with E-state index in [1.165, 1.54) is 5.52 Å². The smallest absolute Gasteiger partial charge is 0.225 e. The van der Waals surface area contributed by atoms with E-state index in [1.807, 2.05) is 51.1 Å². The van der Waals surface area contributed by atoms with Gasteiger partial charge in [-0.1, -0.05) is 39.3 Å². The molecule has 3 rings (SSSR count). The van der Waals surface area contributed by atoms with E-state index in [2.05, 4.69) is 28.1 Å². The summed E-state index contributed by atoms with van der Waals surface area (Å²) >= 11 is 0. The highest BCUT2D eigenvalue weighted by atomic mass is 16.5. The zero-order valence-electron chi connectivity index (χ0n) is 20.4. The summed E-state index contributed by atoms with van der Waals surface area (Å²) in [5.74, 6) is 2.92. The molecule has 0 spiro atoms. The Labute approximate surface area is 197 Å². The maximum absolute atomic E-state index is 12.0. The van der Waals surface area contributed by atoms with Gasteiger partial charge in [0, 0.05) is 24.9 Å². The average Bonchev–Trinajstić information content (AvgIpc) is 3.16. The first-order valence-corrected chi connectivity index (χ1v) is 11.9. The van der Waals surface area contributed by atoms with Crippen molar-refractivity contribution in [2.24, 2.45) is 5.41 Å². The number of aryl methyl sites for hydroxylation is 2. The van der Waals surface area contributed by atoms with Crippen molar-refractivity contribution < 1.29 is 14.3 Å². The number of hydrogen-bond donors (Lipinski definition) is 1. The number of benzene rings is 2. The average molecular weight is 452 g/mol. The van der Waals surface area contributed by atoms with Crippen LogP contribution < -0.4 is 14.8 Å². The minimum absolute atomic E-state index is 0.112. The van der Waals surface area contributed by atoms with Crippen LogP contribution in [0.15, 0.2) is 48.5 Å². The van der Waals surface area contributed by atoms with Crippen LogP contribution in [0.25, 0.3) is 11.0 Å². The van der Waals surface area contributed by atoms with Gasteiger partial charge in [0.25, 0.3) is 0 Å². The van der Waals surface area contributed by atoms with E-state index < -0.39 is 0 Å². The number of fused-ring (bicyclic) bond motifs is 1. The predicted octanol–water partition coefficient (Wildman–Crippen LogP) is 5.39. The Morgan fingerprint density at radius 2 is 1.70 bits per heavy atom. The minimum atomic E-state index is -0.331. The van der Waals surface area contributed by atoms with Crippen molar-refractivity contribution in [1.29, 1.82) is 0 Å². The summed E-state index contributed by atoms with van der Waals surface area (Å²) in [5, 5.41) is 3.03. The normalized spacial score (nSPS) is 11.5. The van der Waals surface area contributed by atoms with E-state index in [0.29, 0.717) is 6.61 Å². The molecule has 0 radical (unpaired) electrons. The van der Waals surface area contributed by atoms with Gasteiger partial charge in [-0.2, -0.15) is 0 Å². The Balaban J connectivity index is 1.48. The fourth-order valence-electron chi connectivity index (χ4n) is 3.70. The van der Waals surface area contributed by atoms with Gasteiger partial charge < -0.3 is 19.4 Å². The Kier molecular flexibility index (Phi) is 8.75. The third-order valence-electron chi connectivity index (χ3n) is 5.63. The van der Waals surface area contributed by atoms with Crippen molar-refractivity contribution in [1.82, 2.24) is 14.9 Å². The van der Waals surface area contributed by atoms with Crippen molar-refractivity contribution in [3.63, 3.8) is 0 Å². The van der Waals surface area contributed by atoms with Crippen LogP contribution in [0.5, 0.6) is 11.5 Å². The molecule has 0 aliphatic heterocycles. The zero-order chi connectivity index (χ0) is 23.7. The molecule has 1 heterocycles. The molecule has 178 valence electrons. The van der Waals surface area contributed by atoms with Gasteiger partial charge in [-0.25, -0.2) is 4.98 Å². The zero-order valence-corrected chi connectivity index (χ0v) is 20.4. The molecule has 2 aromatic carbocycles. The van der Waals surface area contributed by atoms with Crippen LogP contribution in [-0.4, -0.2) is 35.7 Å². The molecule has 3 aromatic rings. The second-order valence-corrected chi connectivity index (χ2v) is 9.36. The number of carbonyl (C=O) groups is 1. The lowest BCUT2D eigenvalue weighted by molar-refractivity contribution is -0.128. The molecular weight excluding hydrogens is 414 g/mol. The Morgan fingerprint density at radius 1 is 0.970 bits per heavy atom. The molecular formula is C27H37N3O3. The van der Waals surface area contributed by atoms with Crippen LogP contribution >= 0.6 is 0 Å². The number of nitrogens with zero attached hydrogens (tertiary/aromatic N) is 2. The number of nitrogens with one attached hydrogen (secondary N) is 1. The standard InChI is InChI=1S/C27H37N3O3/c1-27(2,3)26(31)28-18-9-5-6-13-25-29-23-11-7-8-12-24(23)30(25)19-10-20-33-22-16-14-21(32-4)15-17-22/h7-8,11-12,14-17H,5-6,9-10,13,18-20H2,1-4H3,(H,28,31). The summed E-state index contributed by atoms with van der Waals surface area (Å²) in [7, 11) is 1.66. The largest absolute Gasteiger partial charge is 0.497 e. The van der Waals surface area contributed by atoms with Gasteiger partial charge in [0.2, 0.25) is 5.91 Å². The molecule has 0 aliphatic carbocycles. The summed E-state index contributed by atoms with van der Waals surface area (Å²) < 4.78 is 13.4. The molecule has 33 heavy (non-hydrogen) atoms. The molecule has 6 nitrogen and oxygen atoms in total. The number of methoxy groups -OCH3 is 1. The van der Waals surface area contributed by atoms with E-state index in [0.717, 1.165) is 68.0 Å². The first-order chi connectivity index (χ1) is 15.9.